The van der Waals surface area contributed by atoms with Gasteiger partial charge in [0.2, 0.25) is 5.91 Å². The summed E-state index contributed by atoms with van der Waals surface area (Å²) in [5, 5.41) is 0. The maximum atomic E-state index is 13.7. The maximum Gasteiger partial charge on any atom is 0.235 e. The van der Waals surface area contributed by atoms with Crippen LogP contribution in [0.2, 0.25) is 0 Å². The standard InChI is InChI=1S/C28H28FNO4/c1-28(2,3)34-24-16-26-25(32-12-13-33-26)15-19(24)14-22-21-6-4-5-7-23(21)30(27(22)31)17-18-8-10-20(29)11-9-18/h4-11,15-16,22H,12-14,17H2,1-3H3. The Morgan fingerprint density at radius 2 is 1.68 bits per heavy atom. The van der Waals surface area contributed by atoms with Crippen molar-refractivity contribution in [1.29, 1.82) is 0 Å². The third-order valence-corrected chi connectivity index (χ3v) is 5.99. The Labute approximate surface area is 199 Å². The zero-order valence-corrected chi connectivity index (χ0v) is 19.6. The van der Waals surface area contributed by atoms with Gasteiger partial charge in [-0.05, 0) is 68.1 Å². The Balaban J connectivity index is 1.49. The molecule has 3 aromatic carbocycles. The van der Waals surface area contributed by atoms with E-state index in [9.17, 15) is 9.18 Å². The molecule has 3 aromatic rings. The number of para-hydroxylation sites is 1. The van der Waals surface area contributed by atoms with Crippen molar-refractivity contribution >= 4 is 11.6 Å². The van der Waals surface area contributed by atoms with E-state index in [4.69, 9.17) is 14.2 Å². The number of hydrogen-bond acceptors (Lipinski definition) is 4. The predicted octanol–water partition coefficient (Wildman–Crippen LogP) is 5.65. The molecule has 5 rings (SSSR count). The van der Waals surface area contributed by atoms with Crippen LogP contribution in [0.1, 0.15) is 43.4 Å². The Hall–Kier alpha value is -3.54. The minimum atomic E-state index is -0.412. The van der Waals surface area contributed by atoms with Crippen molar-refractivity contribution in [2.45, 2.75) is 45.3 Å². The summed E-state index contributed by atoms with van der Waals surface area (Å²) >= 11 is 0. The Kier molecular flexibility index (Phi) is 5.68. The fourth-order valence-corrected chi connectivity index (χ4v) is 4.52. The smallest absolute Gasteiger partial charge is 0.235 e. The molecule has 5 nitrogen and oxygen atoms in total. The number of nitrogens with zero attached hydrogens (tertiary/aromatic N) is 1. The van der Waals surface area contributed by atoms with Gasteiger partial charge in [0.1, 0.15) is 30.4 Å². The lowest BCUT2D eigenvalue weighted by molar-refractivity contribution is -0.119. The van der Waals surface area contributed by atoms with Gasteiger partial charge in [0.25, 0.3) is 0 Å². The highest BCUT2D eigenvalue weighted by molar-refractivity contribution is 6.05. The average molecular weight is 462 g/mol. The molecular formula is C28H28FNO4. The van der Waals surface area contributed by atoms with Crippen molar-refractivity contribution in [2.24, 2.45) is 0 Å². The third-order valence-electron chi connectivity index (χ3n) is 5.99. The number of fused-ring (bicyclic) bond motifs is 2. The normalized spacial score (nSPS) is 17.0. The van der Waals surface area contributed by atoms with Crippen LogP contribution in [0.5, 0.6) is 17.2 Å². The number of carbonyl (C=O) groups is 1. The highest BCUT2D eigenvalue weighted by atomic mass is 19.1. The summed E-state index contributed by atoms with van der Waals surface area (Å²) in [6.07, 6.45) is 0.470. The van der Waals surface area contributed by atoms with Crippen molar-refractivity contribution in [3.63, 3.8) is 0 Å². The van der Waals surface area contributed by atoms with E-state index in [-0.39, 0.29) is 17.6 Å². The Morgan fingerprint density at radius 1 is 1.00 bits per heavy atom. The third kappa shape index (κ3) is 4.45. The van der Waals surface area contributed by atoms with Gasteiger partial charge in [-0.1, -0.05) is 30.3 Å². The van der Waals surface area contributed by atoms with Crippen LogP contribution in [0.3, 0.4) is 0 Å². The van der Waals surface area contributed by atoms with Crippen LogP contribution in [0, 0.1) is 5.82 Å². The maximum absolute atomic E-state index is 13.7. The van der Waals surface area contributed by atoms with Crippen LogP contribution in [0.15, 0.2) is 60.7 Å². The fraction of sp³-hybridized carbons (Fsp3) is 0.321. The molecule has 0 spiro atoms. The van der Waals surface area contributed by atoms with E-state index in [1.54, 1.807) is 17.0 Å². The highest BCUT2D eigenvalue weighted by Gasteiger charge is 2.38. The van der Waals surface area contributed by atoms with E-state index in [0.29, 0.717) is 43.4 Å². The van der Waals surface area contributed by atoms with Crippen LogP contribution in [0.4, 0.5) is 10.1 Å². The fourth-order valence-electron chi connectivity index (χ4n) is 4.52. The molecule has 34 heavy (non-hydrogen) atoms. The van der Waals surface area contributed by atoms with Gasteiger partial charge in [-0.25, -0.2) is 4.39 Å². The van der Waals surface area contributed by atoms with Gasteiger partial charge in [-0.15, -0.1) is 0 Å². The number of anilines is 1. The SMILES string of the molecule is CC(C)(C)Oc1cc2c(cc1CC1C(=O)N(Cc3ccc(F)cc3)c3ccccc31)OCCO2. The first kappa shape index (κ1) is 22.3. The van der Waals surface area contributed by atoms with Crippen molar-refractivity contribution in [1.82, 2.24) is 0 Å². The lowest BCUT2D eigenvalue weighted by Crippen LogP contribution is -2.29. The zero-order valence-electron chi connectivity index (χ0n) is 19.6. The molecule has 0 radical (unpaired) electrons. The highest BCUT2D eigenvalue weighted by Crippen LogP contribution is 2.44. The number of halogens is 1. The van der Waals surface area contributed by atoms with Gasteiger partial charge in [-0.3, -0.25) is 4.79 Å². The molecule has 6 heteroatoms. The lowest BCUT2D eigenvalue weighted by Gasteiger charge is -2.27. The number of ether oxygens (including phenoxy) is 3. The summed E-state index contributed by atoms with van der Waals surface area (Å²) in [5.74, 6) is 1.39. The van der Waals surface area contributed by atoms with Gasteiger partial charge in [0.15, 0.2) is 11.5 Å². The summed E-state index contributed by atoms with van der Waals surface area (Å²) in [7, 11) is 0. The summed E-state index contributed by atoms with van der Waals surface area (Å²) in [6.45, 7) is 7.35. The molecule has 1 unspecified atom stereocenters. The molecule has 2 aliphatic rings. The number of hydrogen-bond donors (Lipinski definition) is 0. The molecule has 0 bridgehead atoms. The second-order valence-electron chi connectivity index (χ2n) is 9.68. The molecule has 1 amide bonds. The van der Waals surface area contributed by atoms with Gasteiger partial charge >= 0.3 is 0 Å². The summed E-state index contributed by atoms with van der Waals surface area (Å²) in [6, 6.07) is 17.9. The first-order valence-electron chi connectivity index (χ1n) is 11.5. The summed E-state index contributed by atoms with van der Waals surface area (Å²) < 4.78 is 31.2. The molecule has 0 N–H and O–H groups in total. The Bertz CT molecular complexity index is 1220. The van der Waals surface area contributed by atoms with Crippen LogP contribution < -0.4 is 19.1 Å². The largest absolute Gasteiger partial charge is 0.488 e. The monoisotopic (exact) mass is 461 g/mol. The summed E-state index contributed by atoms with van der Waals surface area (Å²) in [4.78, 5) is 15.5. The van der Waals surface area contributed by atoms with Crippen molar-refractivity contribution in [2.75, 3.05) is 18.1 Å². The summed E-state index contributed by atoms with van der Waals surface area (Å²) in [5.41, 5.74) is 3.23. The molecule has 2 aliphatic heterocycles. The van der Waals surface area contributed by atoms with E-state index in [1.807, 2.05) is 57.2 Å². The van der Waals surface area contributed by atoms with Crippen LogP contribution in [-0.4, -0.2) is 24.7 Å². The first-order chi connectivity index (χ1) is 16.3. The van der Waals surface area contributed by atoms with Gasteiger partial charge < -0.3 is 19.1 Å². The quantitative estimate of drug-likeness (QED) is 0.493. The van der Waals surface area contributed by atoms with E-state index >= 15 is 0 Å². The predicted molar refractivity (Wildman–Crippen MR) is 128 cm³/mol. The number of rotatable bonds is 5. The second-order valence-corrected chi connectivity index (χ2v) is 9.68. The van der Waals surface area contributed by atoms with Crippen molar-refractivity contribution < 1.29 is 23.4 Å². The first-order valence-corrected chi connectivity index (χ1v) is 11.5. The molecule has 2 heterocycles. The molecule has 0 saturated heterocycles. The van der Waals surface area contributed by atoms with Crippen molar-refractivity contribution in [3.05, 3.63) is 83.2 Å². The van der Waals surface area contributed by atoms with Crippen LogP contribution in [-0.2, 0) is 17.8 Å². The van der Waals surface area contributed by atoms with E-state index in [1.165, 1.54) is 12.1 Å². The molecule has 0 saturated carbocycles. The van der Waals surface area contributed by atoms with Gasteiger partial charge in [0, 0.05) is 11.8 Å². The second kappa shape index (κ2) is 8.67. The van der Waals surface area contributed by atoms with Crippen molar-refractivity contribution in [3.8, 4) is 17.2 Å². The topological polar surface area (TPSA) is 48.0 Å². The van der Waals surface area contributed by atoms with Crippen LogP contribution in [0.25, 0.3) is 0 Å². The molecule has 0 fully saturated rings. The van der Waals surface area contributed by atoms with Gasteiger partial charge in [-0.2, -0.15) is 0 Å². The van der Waals surface area contributed by atoms with E-state index in [0.717, 1.165) is 22.4 Å². The zero-order chi connectivity index (χ0) is 23.9. The molecule has 176 valence electrons. The van der Waals surface area contributed by atoms with Crippen LogP contribution >= 0.6 is 0 Å². The molecule has 0 aliphatic carbocycles. The molecular weight excluding hydrogens is 433 g/mol. The number of benzene rings is 3. The lowest BCUT2D eigenvalue weighted by atomic mass is 9.92. The molecule has 1 atom stereocenters. The number of carbonyl (C=O) groups excluding carboxylic acids is 1. The average Bonchev–Trinajstić information content (AvgIpc) is 3.06. The van der Waals surface area contributed by atoms with E-state index < -0.39 is 5.60 Å². The molecule has 0 aromatic heterocycles. The van der Waals surface area contributed by atoms with Gasteiger partial charge in [0.05, 0.1) is 12.5 Å². The van der Waals surface area contributed by atoms with E-state index in [2.05, 4.69) is 0 Å². The number of amides is 1. The Morgan fingerprint density at radius 3 is 2.38 bits per heavy atom. The minimum Gasteiger partial charge on any atom is -0.488 e. The minimum absolute atomic E-state index is 0.0159.